The SMILES string of the molecule is CCOC(=O)C1(NC(=O)OC(C)(C)C)CC(NOCc2ccccc2)C1. The van der Waals surface area contributed by atoms with Crippen LogP contribution in [0.5, 0.6) is 0 Å². The van der Waals surface area contributed by atoms with Crippen molar-refractivity contribution in [1.29, 1.82) is 0 Å². The van der Waals surface area contributed by atoms with Gasteiger partial charge in [-0.05, 0) is 46.1 Å². The van der Waals surface area contributed by atoms with Gasteiger partial charge in [0.25, 0.3) is 0 Å². The predicted molar refractivity (Wildman–Crippen MR) is 96.1 cm³/mol. The predicted octanol–water partition coefficient (Wildman–Crippen LogP) is 2.70. The number of amides is 1. The van der Waals surface area contributed by atoms with E-state index in [0.29, 0.717) is 19.4 Å². The molecule has 7 heteroatoms. The van der Waals surface area contributed by atoms with Crippen LogP contribution in [0.1, 0.15) is 46.1 Å². The van der Waals surface area contributed by atoms with Gasteiger partial charge in [-0.15, -0.1) is 0 Å². The molecule has 1 aromatic rings. The summed E-state index contributed by atoms with van der Waals surface area (Å²) in [6, 6.07) is 9.71. The Morgan fingerprint density at radius 2 is 1.85 bits per heavy atom. The van der Waals surface area contributed by atoms with Crippen molar-refractivity contribution in [3.8, 4) is 0 Å². The molecule has 144 valence electrons. The van der Waals surface area contributed by atoms with Crippen LogP contribution in [0.4, 0.5) is 4.79 Å². The standard InChI is InChI=1S/C19H28N2O5/c1-5-24-16(22)19(20-17(23)26-18(2,3)4)11-15(12-19)21-25-13-14-9-7-6-8-10-14/h6-10,15,21H,5,11-13H2,1-4H3,(H,20,23). The van der Waals surface area contributed by atoms with E-state index in [4.69, 9.17) is 14.3 Å². The number of hydroxylamine groups is 1. The Morgan fingerprint density at radius 3 is 2.42 bits per heavy atom. The van der Waals surface area contributed by atoms with Crippen LogP contribution in [0.3, 0.4) is 0 Å². The fourth-order valence-corrected chi connectivity index (χ4v) is 2.77. The first-order valence-electron chi connectivity index (χ1n) is 8.84. The van der Waals surface area contributed by atoms with Crippen molar-refractivity contribution in [2.45, 2.75) is 64.3 Å². The van der Waals surface area contributed by atoms with E-state index in [9.17, 15) is 9.59 Å². The highest BCUT2D eigenvalue weighted by atomic mass is 16.6. The molecule has 1 aliphatic rings. The van der Waals surface area contributed by atoms with E-state index in [-0.39, 0.29) is 12.6 Å². The summed E-state index contributed by atoms with van der Waals surface area (Å²) in [4.78, 5) is 29.9. The molecule has 1 amide bonds. The van der Waals surface area contributed by atoms with E-state index in [0.717, 1.165) is 5.56 Å². The number of carbonyl (C=O) groups is 2. The van der Waals surface area contributed by atoms with Crippen LogP contribution in [0, 0.1) is 0 Å². The van der Waals surface area contributed by atoms with Crippen molar-refractivity contribution < 1.29 is 23.9 Å². The largest absolute Gasteiger partial charge is 0.464 e. The molecule has 2 N–H and O–H groups in total. The summed E-state index contributed by atoms with van der Waals surface area (Å²) in [6.45, 7) is 7.71. The van der Waals surface area contributed by atoms with E-state index in [1.165, 1.54) is 0 Å². The van der Waals surface area contributed by atoms with E-state index in [1.807, 2.05) is 30.3 Å². The Labute approximate surface area is 154 Å². The smallest absolute Gasteiger partial charge is 0.408 e. The summed E-state index contributed by atoms with van der Waals surface area (Å²) >= 11 is 0. The second-order valence-corrected chi connectivity index (χ2v) is 7.43. The molecule has 1 saturated carbocycles. The third-order valence-corrected chi connectivity index (χ3v) is 3.93. The molecule has 7 nitrogen and oxygen atoms in total. The number of alkyl carbamates (subject to hydrolysis) is 1. The highest BCUT2D eigenvalue weighted by Crippen LogP contribution is 2.34. The van der Waals surface area contributed by atoms with Gasteiger partial charge in [0.05, 0.1) is 13.2 Å². The minimum Gasteiger partial charge on any atom is -0.464 e. The molecule has 26 heavy (non-hydrogen) atoms. The highest BCUT2D eigenvalue weighted by molar-refractivity contribution is 5.87. The summed E-state index contributed by atoms with van der Waals surface area (Å²) in [5.41, 5.74) is 2.27. The number of rotatable bonds is 7. The summed E-state index contributed by atoms with van der Waals surface area (Å²) < 4.78 is 10.4. The first-order chi connectivity index (χ1) is 12.2. The Balaban J connectivity index is 1.86. The van der Waals surface area contributed by atoms with E-state index >= 15 is 0 Å². The molecule has 0 aromatic heterocycles. The Kier molecular flexibility index (Phi) is 6.61. The second-order valence-electron chi connectivity index (χ2n) is 7.43. The van der Waals surface area contributed by atoms with Crippen LogP contribution < -0.4 is 10.8 Å². The van der Waals surface area contributed by atoms with Crippen molar-refractivity contribution in [2.24, 2.45) is 0 Å². The lowest BCUT2D eigenvalue weighted by atomic mass is 9.73. The maximum Gasteiger partial charge on any atom is 0.408 e. The number of nitrogens with one attached hydrogen (secondary N) is 2. The van der Waals surface area contributed by atoms with Crippen molar-refractivity contribution in [1.82, 2.24) is 10.8 Å². The Bertz CT molecular complexity index is 606. The minimum atomic E-state index is -1.08. The number of carbonyl (C=O) groups excluding carboxylic acids is 2. The van der Waals surface area contributed by atoms with Crippen molar-refractivity contribution in [3.63, 3.8) is 0 Å². The quantitative estimate of drug-likeness (QED) is 0.571. The molecular weight excluding hydrogens is 336 g/mol. The summed E-state index contributed by atoms with van der Waals surface area (Å²) in [5.74, 6) is -0.452. The summed E-state index contributed by atoms with van der Waals surface area (Å²) in [5, 5.41) is 2.68. The Morgan fingerprint density at radius 1 is 1.19 bits per heavy atom. The van der Waals surface area contributed by atoms with Crippen LogP contribution in [-0.4, -0.2) is 35.9 Å². The highest BCUT2D eigenvalue weighted by Gasteiger charge is 2.53. The van der Waals surface area contributed by atoms with Crippen LogP contribution in [0.25, 0.3) is 0 Å². The van der Waals surface area contributed by atoms with Gasteiger partial charge in [-0.25, -0.2) is 9.59 Å². The van der Waals surface area contributed by atoms with E-state index < -0.39 is 23.2 Å². The maximum absolute atomic E-state index is 12.3. The molecule has 0 saturated heterocycles. The topological polar surface area (TPSA) is 85.9 Å². The van der Waals surface area contributed by atoms with E-state index in [2.05, 4.69) is 10.8 Å². The lowest BCUT2D eigenvalue weighted by molar-refractivity contribution is -0.159. The van der Waals surface area contributed by atoms with Crippen LogP contribution >= 0.6 is 0 Å². The van der Waals surface area contributed by atoms with Crippen molar-refractivity contribution in [3.05, 3.63) is 35.9 Å². The number of hydrogen-bond donors (Lipinski definition) is 2. The fourth-order valence-electron chi connectivity index (χ4n) is 2.77. The number of esters is 1. The zero-order valence-corrected chi connectivity index (χ0v) is 15.8. The van der Waals surface area contributed by atoms with Gasteiger partial charge < -0.3 is 14.8 Å². The van der Waals surface area contributed by atoms with Gasteiger partial charge in [-0.2, -0.15) is 5.48 Å². The zero-order valence-electron chi connectivity index (χ0n) is 15.8. The van der Waals surface area contributed by atoms with Crippen LogP contribution in [-0.2, 0) is 25.7 Å². The van der Waals surface area contributed by atoms with Gasteiger partial charge >= 0.3 is 12.1 Å². The van der Waals surface area contributed by atoms with Crippen LogP contribution in [0.2, 0.25) is 0 Å². The fraction of sp³-hybridized carbons (Fsp3) is 0.579. The van der Waals surface area contributed by atoms with Gasteiger partial charge in [0, 0.05) is 6.04 Å². The van der Waals surface area contributed by atoms with Crippen molar-refractivity contribution in [2.75, 3.05) is 6.61 Å². The molecule has 0 aliphatic heterocycles. The number of hydrogen-bond acceptors (Lipinski definition) is 6. The average Bonchev–Trinajstić information content (AvgIpc) is 2.51. The molecule has 0 bridgehead atoms. The zero-order chi connectivity index (χ0) is 19.2. The molecule has 1 fully saturated rings. The van der Waals surface area contributed by atoms with Gasteiger partial charge in [-0.1, -0.05) is 30.3 Å². The number of benzene rings is 1. The van der Waals surface area contributed by atoms with Gasteiger partial charge in [0.15, 0.2) is 0 Å². The van der Waals surface area contributed by atoms with E-state index in [1.54, 1.807) is 27.7 Å². The third-order valence-electron chi connectivity index (χ3n) is 3.93. The first kappa shape index (κ1) is 20.2. The monoisotopic (exact) mass is 364 g/mol. The minimum absolute atomic E-state index is 0.0574. The molecule has 0 spiro atoms. The number of ether oxygens (including phenoxy) is 2. The average molecular weight is 364 g/mol. The van der Waals surface area contributed by atoms with Crippen molar-refractivity contribution >= 4 is 12.1 Å². The molecule has 0 heterocycles. The van der Waals surface area contributed by atoms with Crippen LogP contribution in [0.15, 0.2) is 30.3 Å². The summed E-state index contributed by atoms with van der Waals surface area (Å²) in [6.07, 6.45) is 0.119. The maximum atomic E-state index is 12.3. The summed E-state index contributed by atoms with van der Waals surface area (Å²) in [7, 11) is 0. The molecule has 0 radical (unpaired) electrons. The Hall–Kier alpha value is -2.12. The second kappa shape index (κ2) is 8.51. The molecule has 0 unspecified atom stereocenters. The normalized spacial score (nSPS) is 22.2. The molecule has 0 atom stereocenters. The van der Waals surface area contributed by atoms with Gasteiger partial charge in [0.2, 0.25) is 0 Å². The van der Waals surface area contributed by atoms with Gasteiger partial charge in [-0.3, -0.25) is 4.84 Å². The molecule has 1 aromatic carbocycles. The molecular formula is C19H28N2O5. The first-order valence-corrected chi connectivity index (χ1v) is 8.84. The lowest BCUT2D eigenvalue weighted by Crippen LogP contribution is -2.67. The molecule has 2 rings (SSSR count). The van der Waals surface area contributed by atoms with Gasteiger partial charge in [0.1, 0.15) is 11.1 Å². The molecule has 1 aliphatic carbocycles. The third kappa shape index (κ3) is 5.71. The lowest BCUT2D eigenvalue weighted by Gasteiger charge is -2.45.